The number of allylic oxidation sites excluding steroid dienone is 1. The third-order valence-corrected chi connectivity index (χ3v) is 7.14. The Kier molecular flexibility index (Phi) is 6.09. The van der Waals surface area contributed by atoms with Crippen molar-refractivity contribution in [2.75, 3.05) is 0 Å². The number of thiazole rings is 1. The van der Waals surface area contributed by atoms with Crippen molar-refractivity contribution in [1.29, 1.82) is 10.5 Å². The number of nitriles is 2. The van der Waals surface area contributed by atoms with Gasteiger partial charge in [-0.25, -0.2) is 0 Å². The van der Waals surface area contributed by atoms with Gasteiger partial charge in [-0.15, -0.1) is 11.3 Å². The summed E-state index contributed by atoms with van der Waals surface area (Å²) in [6.45, 7) is 0. The molecule has 2 heterocycles. The maximum Gasteiger partial charge on any atom is 0.274 e. The number of rotatable bonds is 2. The van der Waals surface area contributed by atoms with Gasteiger partial charge in [-0.05, 0) is 41.5 Å². The Bertz CT molecular complexity index is 1590. The first kappa shape index (κ1) is 22.5. The number of hydrogen-bond acceptors (Lipinski definition) is 5. The quantitative estimate of drug-likeness (QED) is 0.540. The van der Waals surface area contributed by atoms with Crippen LogP contribution in [0.2, 0.25) is 20.1 Å². The van der Waals surface area contributed by atoms with E-state index in [2.05, 4.69) is 6.07 Å². The topological polar surface area (TPSA) is 95.6 Å². The molecule has 0 amide bonds. The monoisotopic (exact) mass is 518 g/mol. The lowest BCUT2D eigenvalue weighted by Crippen LogP contribution is -2.38. The molecule has 32 heavy (non-hydrogen) atoms. The highest BCUT2D eigenvalue weighted by Crippen LogP contribution is 2.39. The van der Waals surface area contributed by atoms with E-state index in [-0.39, 0.29) is 22.0 Å². The van der Waals surface area contributed by atoms with E-state index in [0.29, 0.717) is 35.4 Å². The first-order chi connectivity index (χ1) is 15.3. The lowest BCUT2D eigenvalue weighted by Gasteiger charge is -2.23. The number of hydrogen-bond donors (Lipinski definition) is 1. The van der Waals surface area contributed by atoms with Gasteiger partial charge in [-0.3, -0.25) is 9.36 Å². The average Bonchev–Trinajstić information content (AvgIpc) is 3.06. The van der Waals surface area contributed by atoms with E-state index in [1.165, 1.54) is 10.6 Å². The Morgan fingerprint density at radius 3 is 2.19 bits per heavy atom. The highest BCUT2D eigenvalue weighted by Gasteiger charge is 2.33. The summed E-state index contributed by atoms with van der Waals surface area (Å²) in [7, 11) is 0. The van der Waals surface area contributed by atoms with Crippen LogP contribution in [0.25, 0.3) is 17.5 Å². The number of nitrogens with zero attached hydrogens (tertiary/aromatic N) is 3. The van der Waals surface area contributed by atoms with Gasteiger partial charge in [0.15, 0.2) is 0 Å². The summed E-state index contributed by atoms with van der Waals surface area (Å²) < 4.78 is 1.79. The van der Waals surface area contributed by atoms with Gasteiger partial charge in [0.2, 0.25) is 0 Å². The van der Waals surface area contributed by atoms with E-state index in [1.54, 1.807) is 36.4 Å². The summed E-state index contributed by atoms with van der Waals surface area (Å²) >= 11 is 25.7. The molecule has 1 aromatic heterocycles. The Balaban J connectivity index is 2.07. The molecular weight excluding hydrogens is 510 g/mol. The lowest BCUT2D eigenvalue weighted by atomic mass is 9.84. The van der Waals surface area contributed by atoms with Gasteiger partial charge >= 0.3 is 0 Å². The standard InChI is InChI=1S/C22H10Cl4N4OS/c23-11-2-1-10(16(25)6-11)5-18-21(31)30-20(29)14(8-27)19(15(9-28)22(30)32-18)13-4-3-12(24)7-17(13)26/h1-7,19H,29H2/b18-5+/t19-/m0/s1. The number of nitrogens with two attached hydrogens (primary N) is 1. The largest absolute Gasteiger partial charge is 0.384 e. The summed E-state index contributed by atoms with van der Waals surface area (Å²) in [5, 5.41) is 21.4. The Labute approximate surface area is 206 Å². The van der Waals surface area contributed by atoms with Gasteiger partial charge in [0.1, 0.15) is 10.5 Å². The van der Waals surface area contributed by atoms with Crippen LogP contribution in [0.1, 0.15) is 17.0 Å². The van der Waals surface area contributed by atoms with E-state index in [4.69, 9.17) is 52.1 Å². The van der Waals surface area contributed by atoms with Crippen molar-refractivity contribution in [3.8, 4) is 12.1 Å². The van der Waals surface area contributed by atoms with Crippen LogP contribution in [-0.4, -0.2) is 4.57 Å². The highest BCUT2D eigenvalue weighted by molar-refractivity contribution is 7.07. The molecule has 2 N–H and O–H groups in total. The third-order valence-electron chi connectivity index (χ3n) is 4.91. The molecular formula is C22H10Cl4N4OS. The molecule has 0 unspecified atom stereocenters. The lowest BCUT2D eigenvalue weighted by molar-refractivity contribution is 0.906. The van der Waals surface area contributed by atoms with Crippen LogP contribution >= 0.6 is 57.7 Å². The molecule has 1 atom stereocenters. The summed E-state index contributed by atoms with van der Waals surface area (Å²) in [4.78, 5) is 13.2. The number of benzene rings is 2. The average molecular weight is 520 g/mol. The van der Waals surface area contributed by atoms with Crippen LogP contribution in [0, 0.1) is 22.7 Å². The summed E-state index contributed by atoms with van der Waals surface area (Å²) in [5.41, 5.74) is 7.10. The molecule has 0 spiro atoms. The fourth-order valence-corrected chi connectivity index (χ4v) is 5.56. The summed E-state index contributed by atoms with van der Waals surface area (Å²) in [5.74, 6) is -0.889. The minimum Gasteiger partial charge on any atom is -0.384 e. The maximum absolute atomic E-state index is 13.2. The second-order valence-electron chi connectivity index (χ2n) is 6.76. The third kappa shape index (κ3) is 3.71. The number of aromatic nitrogens is 1. The van der Waals surface area contributed by atoms with Crippen LogP contribution in [0.4, 0.5) is 0 Å². The van der Waals surface area contributed by atoms with E-state index in [0.717, 1.165) is 11.3 Å². The van der Waals surface area contributed by atoms with Crippen molar-refractivity contribution in [2.45, 2.75) is 5.92 Å². The molecule has 0 radical (unpaired) electrons. The Hall–Kier alpha value is -2.71. The number of halogens is 4. The molecule has 158 valence electrons. The van der Waals surface area contributed by atoms with Crippen LogP contribution in [0.5, 0.6) is 0 Å². The molecule has 0 saturated heterocycles. The molecule has 3 aromatic rings. The van der Waals surface area contributed by atoms with Crippen molar-refractivity contribution in [2.24, 2.45) is 5.73 Å². The van der Waals surface area contributed by atoms with Crippen LogP contribution in [0.3, 0.4) is 0 Å². The van der Waals surface area contributed by atoms with E-state index < -0.39 is 11.5 Å². The molecule has 1 aliphatic rings. The zero-order chi connectivity index (χ0) is 23.2. The van der Waals surface area contributed by atoms with Gasteiger partial charge in [-0.2, -0.15) is 10.5 Å². The molecule has 1 aliphatic heterocycles. The molecule has 4 rings (SSSR count). The molecule has 0 aliphatic carbocycles. The molecule has 10 heteroatoms. The predicted octanol–water partition coefficient (Wildman–Crippen LogP) is 4.47. The predicted molar refractivity (Wildman–Crippen MR) is 129 cm³/mol. The fourth-order valence-electron chi connectivity index (χ4n) is 3.46. The van der Waals surface area contributed by atoms with Gasteiger partial charge in [0.25, 0.3) is 5.56 Å². The SMILES string of the molecule is N#CC1=C(N)n2c(s/c(=C/c3ccc(Cl)cc3Cl)c2=O)=C(C#N)[C@H]1c1ccc(Cl)cc1Cl. The first-order valence-corrected chi connectivity index (χ1v) is 11.3. The van der Waals surface area contributed by atoms with Crippen molar-refractivity contribution >= 4 is 75.2 Å². The van der Waals surface area contributed by atoms with Crippen LogP contribution in [-0.2, 0) is 0 Å². The van der Waals surface area contributed by atoms with Crippen molar-refractivity contribution in [3.05, 3.63) is 92.7 Å². The second kappa shape index (κ2) is 8.67. The van der Waals surface area contributed by atoms with Gasteiger partial charge in [-0.1, -0.05) is 58.5 Å². The molecule has 0 saturated carbocycles. The fraction of sp³-hybridized carbons (Fsp3) is 0.0455. The first-order valence-electron chi connectivity index (χ1n) is 8.94. The number of fused-ring (bicyclic) bond motifs is 1. The zero-order valence-corrected chi connectivity index (χ0v) is 19.7. The minimum atomic E-state index is -0.834. The van der Waals surface area contributed by atoms with Crippen molar-refractivity contribution in [3.63, 3.8) is 0 Å². The minimum absolute atomic E-state index is 0.0502. The second-order valence-corrected chi connectivity index (χ2v) is 9.48. The zero-order valence-electron chi connectivity index (χ0n) is 15.9. The van der Waals surface area contributed by atoms with E-state index in [9.17, 15) is 15.3 Å². The Morgan fingerprint density at radius 2 is 1.59 bits per heavy atom. The smallest absolute Gasteiger partial charge is 0.274 e. The summed E-state index contributed by atoms with van der Waals surface area (Å²) in [6.07, 6.45) is 1.59. The van der Waals surface area contributed by atoms with Gasteiger partial charge < -0.3 is 5.73 Å². The molecule has 5 nitrogen and oxygen atoms in total. The highest BCUT2D eigenvalue weighted by atomic mass is 35.5. The van der Waals surface area contributed by atoms with Crippen LogP contribution in [0.15, 0.2) is 46.8 Å². The van der Waals surface area contributed by atoms with Gasteiger partial charge in [0.05, 0.1) is 33.7 Å². The molecule has 2 aromatic carbocycles. The molecule has 0 fully saturated rings. The van der Waals surface area contributed by atoms with Crippen LogP contribution < -0.4 is 20.5 Å². The van der Waals surface area contributed by atoms with E-state index in [1.807, 2.05) is 6.07 Å². The molecule has 0 bridgehead atoms. The van der Waals surface area contributed by atoms with E-state index >= 15 is 0 Å². The van der Waals surface area contributed by atoms with Crippen molar-refractivity contribution in [1.82, 2.24) is 4.57 Å². The Morgan fingerprint density at radius 1 is 0.969 bits per heavy atom. The van der Waals surface area contributed by atoms with Crippen molar-refractivity contribution < 1.29 is 0 Å². The maximum atomic E-state index is 13.2. The van der Waals surface area contributed by atoms with Gasteiger partial charge in [0, 0.05) is 20.1 Å². The normalized spacial score (nSPS) is 16.0. The summed E-state index contributed by atoms with van der Waals surface area (Å²) in [6, 6.07) is 13.8.